The third kappa shape index (κ3) is 3.74. The van der Waals surface area contributed by atoms with Crippen molar-refractivity contribution < 1.29 is 14.2 Å². The number of likely N-dealkylation sites (tertiary alicyclic amines) is 1. The van der Waals surface area contributed by atoms with Crippen molar-refractivity contribution in [1.82, 2.24) is 4.90 Å². The van der Waals surface area contributed by atoms with Gasteiger partial charge in [-0.15, -0.1) is 0 Å². The summed E-state index contributed by atoms with van der Waals surface area (Å²) < 4.78 is 19.0. The van der Waals surface area contributed by atoms with Gasteiger partial charge in [0.25, 0.3) is 0 Å². The standard InChI is InChI=1S/C17H26FNO2/c1-3-8-17(13-20)9-5-10-19(12-17)11-14-6-4-7-15(18)16(14)21-2/h4,6-7,20H,3,5,8-13H2,1-2H3. The smallest absolute Gasteiger partial charge is 0.165 e. The van der Waals surface area contributed by atoms with Gasteiger partial charge in [-0.25, -0.2) is 4.39 Å². The van der Waals surface area contributed by atoms with Crippen LogP contribution in [0.2, 0.25) is 0 Å². The van der Waals surface area contributed by atoms with E-state index in [4.69, 9.17) is 4.74 Å². The predicted octanol–water partition coefficient (Wildman–Crippen LogP) is 3.21. The molecular weight excluding hydrogens is 269 g/mol. The Kier molecular flexibility index (Phi) is 5.59. The Morgan fingerprint density at radius 1 is 1.43 bits per heavy atom. The predicted molar refractivity (Wildman–Crippen MR) is 81.9 cm³/mol. The second-order valence-corrected chi connectivity index (χ2v) is 6.15. The topological polar surface area (TPSA) is 32.7 Å². The molecule has 1 fully saturated rings. The number of halogens is 1. The Morgan fingerprint density at radius 3 is 2.90 bits per heavy atom. The Hall–Kier alpha value is -1.13. The minimum absolute atomic E-state index is 0.00750. The molecule has 0 aliphatic carbocycles. The van der Waals surface area contributed by atoms with Crippen LogP contribution in [0, 0.1) is 11.2 Å². The maximum atomic E-state index is 13.8. The van der Waals surface area contributed by atoms with E-state index in [1.807, 2.05) is 6.07 Å². The first-order valence-electron chi connectivity index (χ1n) is 7.79. The zero-order valence-corrected chi connectivity index (χ0v) is 13.1. The molecular formula is C17H26FNO2. The van der Waals surface area contributed by atoms with Crippen molar-refractivity contribution in [3.8, 4) is 5.75 Å². The summed E-state index contributed by atoms with van der Waals surface area (Å²) in [5.74, 6) is 0.0298. The minimum Gasteiger partial charge on any atom is -0.493 e. The molecule has 1 unspecified atom stereocenters. The van der Waals surface area contributed by atoms with Gasteiger partial charge in [0.15, 0.2) is 11.6 Å². The van der Waals surface area contributed by atoms with Crippen LogP contribution in [-0.2, 0) is 6.54 Å². The van der Waals surface area contributed by atoms with Crippen LogP contribution >= 0.6 is 0 Å². The van der Waals surface area contributed by atoms with Gasteiger partial charge >= 0.3 is 0 Å². The number of para-hydroxylation sites is 1. The van der Waals surface area contributed by atoms with E-state index in [1.165, 1.54) is 13.2 Å². The van der Waals surface area contributed by atoms with Crippen LogP contribution in [0.15, 0.2) is 18.2 Å². The number of ether oxygens (including phenoxy) is 1. The SMILES string of the molecule is CCCC1(CO)CCCN(Cc2cccc(F)c2OC)C1. The Balaban J connectivity index is 2.11. The molecule has 4 heteroatoms. The van der Waals surface area contributed by atoms with Crippen LogP contribution in [0.4, 0.5) is 4.39 Å². The number of aliphatic hydroxyl groups excluding tert-OH is 1. The van der Waals surface area contributed by atoms with Gasteiger partial charge in [0.05, 0.1) is 7.11 Å². The summed E-state index contributed by atoms with van der Waals surface area (Å²) in [6.45, 7) is 4.93. The quantitative estimate of drug-likeness (QED) is 0.874. The van der Waals surface area contributed by atoms with E-state index in [-0.39, 0.29) is 17.8 Å². The van der Waals surface area contributed by atoms with Crippen molar-refractivity contribution in [3.63, 3.8) is 0 Å². The normalized spacial score (nSPS) is 23.2. The molecule has 0 radical (unpaired) electrons. The van der Waals surface area contributed by atoms with Crippen LogP contribution in [0.25, 0.3) is 0 Å². The molecule has 3 nitrogen and oxygen atoms in total. The number of hydrogen-bond acceptors (Lipinski definition) is 3. The lowest BCUT2D eigenvalue weighted by molar-refractivity contribution is 0.0213. The van der Waals surface area contributed by atoms with Gasteiger partial charge in [-0.05, 0) is 31.9 Å². The van der Waals surface area contributed by atoms with Gasteiger partial charge in [-0.1, -0.05) is 25.5 Å². The molecule has 1 aliphatic rings. The maximum Gasteiger partial charge on any atom is 0.165 e. The number of methoxy groups -OCH3 is 1. The van der Waals surface area contributed by atoms with Gasteiger partial charge in [-0.3, -0.25) is 4.90 Å². The molecule has 21 heavy (non-hydrogen) atoms. The number of piperidine rings is 1. The second kappa shape index (κ2) is 7.23. The van der Waals surface area contributed by atoms with Crippen molar-refractivity contribution in [2.24, 2.45) is 5.41 Å². The van der Waals surface area contributed by atoms with E-state index in [1.54, 1.807) is 6.07 Å². The third-order valence-corrected chi connectivity index (χ3v) is 4.50. The van der Waals surface area contributed by atoms with Crippen molar-refractivity contribution in [2.75, 3.05) is 26.8 Å². The van der Waals surface area contributed by atoms with Crippen LogP contribution in [0.5, 0.6) is 5.75 Å². The maximum absolute atomic E-state index is 13.8. The molecule has 118 valence electrons. The summed E-state index contributed by atoms with van der Waals surface area (Å²) in [5, 5.41) is 9.79. The Bertz CT molecular complexity index is 462. The Morgan fingerprint density at radius 2 is 2.24 bits per heavy atom. The molecule has 0 saturated carbocycles. The second-order valence-electron chi connectivity index (χ2n) is 6.15. The average molecular weight is 295 g/mol. The first kappa shape index (κ1) is 16.2. The molecule has 2 rings (SSSR count). The van der Waals surface area contributed by atoms with Crippen LogP contribution < -0.4 is 4.74 Å². The molecule has 1 aromatic carbocycles. The number of benzene rings is 1. The number of rotatable bonds is 6. The Labute approximate surface area is 126 Å². The fourth-order valence-corrected chi connectivity index (χ4v) is 3.54. The summed E-state index contributed by atoms with van der Waals surface area (Å²) in [6, 6.07) is 5.06. The van der Waals surface area contributed by atoms with E-state index >= 15 is 0 Å². The van der Waals surface area contributed by atoms with Crippen molar-refractivity contribution in [3.05, 3.63) is 29.6 Å². The fraction of sp³-hybridized carbons (Fsp3) is 0.647. The number of aliphatic hydroxyl groups is 1. The average Bonchev–Trinajstić information content (AvgIpc) is 2.48. The van der Waals surface area contributed by atoms with Gasteiger partial charge < -0.3 is 9.84 Å². The largest absolute Gasteiger partial charge is 0.493 e. The molecule has 1 atom stereocenters. The number of nitrogens with zero attached hydrogens (tertiary/aromatic N) is 1. The third-order valence-electron chi connectivity index (χ3n) is 4.50. The summed E-state index contributed by atoms with van der Waals surface area (Å²) >= 11 is 0. The summed E-state index contributed by atoms with van der Waals surface area (Å²) in [6.07, 6.45) is 4.28. The number of hydrogen-bond donors (Lipinski definition) is 1. The first-order valence-corrected chi connectivity index (χ1v) is 7.79. The minimum atomic E-state index is -0.311. The molecule has 1 heterocycles. The molecule has 1 aliphatic heterocycles. The van der Waals surface area contributed by atoms with Crippen LogP contribution in [0.3, 0.4) is 0 Å². The monoisotopic (exact) mass is 295 g/mol. The summed E-state index contributed by atoms with van der Waals surface area (Å²) in [4.78, 5) is 2.31. The zero-order chi connectivity index (χ0) is 15.3. The molecule has 0 spiro atoms. The summed E-state index contributed by atoms with van der Waals surface area (Å²) in [5.41, 5.74) is 0.885. The summed E-state index contributed by atoms with van der Waals surface area (Å²) in [7, 11) is 1.51. The lowest BCUT2D eigenvalue weighted by Crippen LogP contribution is -2.44. The van der Waals surface area contributed by atoms with E-state index in [9.17, 15) is 9.50 Å². The van der Waals surface area contributed by atoms with E-state index in [0.717, 1.165) is 44.3 Å². The molecule has 0 bridgehead atoms. The van der Waals surface area contributed by atoms with Crippen molar-refractivity contribution in [1.29, 1.82) is 0 Å². The van der Waals surface area contributed by atoms with Crippen molar-refractivity contribution in [2.45, 2.75) is 39.2 Å². The molecule has 1 aromatic rings. The fourth-order valence-electron chi connectivity index (χ4n) is 3.54. The van der Waals surface area contributed by atoms with Gasteiger partial charge in [-0.2, -0.15) is 0 Å². The lowest BCUT2D eigenvalue weighted by Gasteiger charge is -2.42. The van der Waals surface area contributed by atoms with Gasteiger partial charge in [0.2, 0.25) is 0 Å². The molecule has 1 N–H and O–H groups in total. The van der Waals surface area contributed by atoms with E-state index < -0.39 is 0 Å². The molecule has 0 aromatic heterocycles. The molecule has 0 amide bonds. The van der Waals surface area contributed by atoms with Crippen molar-refractivity contribution >= 4 is 0 Å². The van der Waals surface area contributed by atoms with E-state index in [0.29, 0.717) is 12.3 Å². The van der Waals surface area contributed by atoms with Crippen LogP contribution in [0.1, 0.15) is 38.2 Å². The van der Waals surface area contributed by atoms with Gasteiger partial charge in [0, 0.05) is 30.7 Å². The highest BCUT2D eigenvalue weighted by Crippen LogP contribution is 2.35. The van der Waals surface area contributed by atoms with E-state index in [2.05, 4.69) is 11.8 Å². The van der Waals surface area contributed by atoms with Crippen LogP contribution in [-0.4, -0.2) is 36.8 Å². The zero-order valence-electron chi connectivity index (χ0n) is 13.1. The lowest BCUT2D eigenvalue weighted by atomic mass is 9.77. The molecule has 1 saturated heterocycles. The highest BCUT2D eigenvalue weighted by atomic mass is 19.1. The first-order chi connectivity index (χ1) is 10.1. The highest BCUT2D eigenvalue weighted by Gasteiger charge is 2.34. The highest BCUT2D eigenvalue weighted by molar-refractivity contribution is 5.34. The van der Waals surface area contributed by atoms with Gasteiger partial charge in [0.1, 0.15) is 0 Å².